The fourth-order valence-electron chi connectivity index (χ4n) is 0.799. The third-order valence-corrected chi connectivity index (χ3v) is 1.75. The molecule has 1 unspecified atom stereocenters. The van der Waals surface area contributed by atoms with Gasteiger partial charge in [-0.25, -0.2) is 0 Å². The van der Waals surface area contributed by atoms with Crippen molar-refractivity contribution < 1.29 is 0 Å². The van der Waals surface area contributed by atoms with Gasteiger partial charge in [0.1, 0.15) is 0 Å². The second-order valence-corrected chi connectivity index (χ2v) is 3.19. The predicted octanol–water partition coefficient (Wildman–Crippen LogP) is 0.786. The molecule has 1 atom stereocenters. The highest BCUT2D eigenvalue weighted by Crippen LogP contribution is 1.94. The molecule has 64 valence electrons. The minimum absolute atomic E-state index is 0.243. The quantitative estimate of drug-likeness (QED) is 0.482. The molecule has 1 N–H and O–H groups in total. The van der Waals surface area contributed by atoms with Crippen LogP contribution in [0.15, 0.2) is 0 Å². The van der Waals surface area contributed by atoms with Crippen molar-refractivity contribution in [3.8, 4) is 6.19 Å². The number of nitrogens with one attached hydrogen (secondary N) is 1. The number of likely N-dealkylation sites (N-methyl/N-ethyl adjacent to an activating group) is 1. The van der Waals surface area contributed by atoms with Crippen molar-refractivity contribution in [3.05, 3.63) is 0 Å². The van der Waals surface area contributed by atoms with Crippen LogP contribution < -0.4 is 5.32 Å². The summed E-state index contributed by atoms with van der Waals surface area (Å²) in [5.74, 6) is 0. The van der Waals surface area contributed by atoms with E-state index in [0.29, 0.717) is 6.04 Å². The molecular formula is C8H17N3. The SMILES string of the molecule is CC(CN(C)C(C)C)NC#N. The van der Waals surface area contributed by atoms with Gasteiger partial charge in [0.25, 0.3) is 0 Å². The van der Waals surface area contributed by atoms with Gasteiger partial charge in [-0.1, -0.05) is 0 Å². The average molecular weight is 155 g/mol. The second-order valence-electron chi connectivity index (χ2n) is 3.19. The lowest BCUT2D eigenvalue weighted by Crippen LogP contribution is -2.38. The summed E-state index contributed by atoms with van der Waals surface area (Å²) in [6, 6.07) is 0.783. The van der Waals surface area contributed by atoms with Crippen molar-refractivity contribution in [2.24, 2.45) is 0 Å². The van der Waals surface area contributed by atoms with Crippen molar-refractivity contribution in [2.75, 3.05) is 13.6 Å². The van der Waals surface area contributed by atoms with Crippen LogP contribution in [0.3, 0.4) is 0 Å². The maximum absolute atomic E-state index is 8.31. The van der Waals surface area contributed by atoms with Crippen LogP contribution in [0.1, 0.15) is 20.8 Å². The lowest BCUT2D eigenvalue weighted by molar-refractivity contribution is 0.254. The minimum Gasteiger partial charge on any atom is -0.320 e. The van der Waals surface area contributed by atoms with Gasteiger partial charge in [0.15, 0.2) is 6.19 Å². The monoisotopic (exact) mass is 155 g/mol. The Bertz CT molecular complexity index is 137. The van der Waals surface area contributed by atoms with Crippen LogP contribution in [-0.4, -0.2) is 30.6 Å². The maximum Gasteiger partial charge on any atom is 0.176 e. The molecule has 3 heteroatoms. The molecule has 0 rings (SSSR count). The van der Waals surface area contributed by atoms with Crippen molar-refractivity contribution >= 4 is 0 Å². The second kappa shape index (κ2) is 4.97. The molecule has 0 spiro atoms. The van der Waals surface area contributed by atoms with Gasteiger partial charge in [-0.15, -0.1) is 0 Å². The van der Waals surface area contributed by atoms with E-state index in [1.54, 1.807) is 0 Å². The Labute approximate surface area is 69.0 Å². The zero-order valence-electron chi connectivity index (χ0n) is 7.76. The Morgan fingerprint density at radius 2 is 2.00 bits per heavy atom. The molecule has 11 heavy (non-hydrogen) atoms. The first kappa shape index (κ1) is 10.2. The van der Waals surface area contributed by atoms with Gasteiger partial charge in [-0.2, -0.15) is 5.26 Å². The first-order valence-electron chi connectivity index (χ1n) is 3.92. The van der Waals surface area contributed by atoms with E-state index in [2.05, 4.69) is 31.1 Å². The van der Waals surface area contributed by atoms with Gasteiger partial charge in [-0.3, -0.25) is 0 Å². The van der Waals surface area contributed by atoms with Gasteiger partial charge >= 0.3 is 0 Å². The highest BCUT2D eigenvalue weighted by molar-refractivity contribution is 4.75. The molecule has 0 aromatic rings. The molecule has 0 heterocycles. The molecule has 0 aliphatic heterocycles. The Kier molecular flexibility index (Phi) is 4.64. The Hall–Kier alpha value is -0.750. The van der Waals surface area contributed by atoms with E-state index >= 15 is 0 Å². The summed E-state index contributed by atoms with van der Waals surface area (Å²) in [7, 11) is 2.06. The van der Waals surface area contributed by atoms with E-state index in [-0.39, 0.29) is 6.04 Å². The highest BCUT2D eigenvalue weighted by atomic mass is 15.1. The minimum atomic E-state index is 0.243. The lowest BCUT2D eigenvalue weighted by atomic mass is 10.2. The van der Waals surface area contributed by atoms with Crippen LogP contribution in [0.4, 0.5) is 0 Å². The molecule has 0 saturated carbocycles. The van der Waals surface area contributed by atoms with Gasteiger partial charge in [0.2, 0.25) is 0 Å². The van der Waals surface area contributed by atoms with Crippen LogP contribution in [0, 0.1) is 11.5 Å². The Morgan fingerprint density at radius 1 is 1.45 bits per heavy atom. The van der Waals surface area contributed by atoms with Gasteiger partial charge in [-0.05, 0) is 27.8 Å². The maximum atomic E-state index is 8.31. The number of nitrogens with zero attached hydrogens (tertiary/aromatic N) is 2. The normalized spacial score (nSPS) is 13.2. The van der Waals surface area contributed by atoms with Crippen LogP contribution >= 0.6 is 0 Å². The molecule has 0 radical (unpaired) electrons. The van der Waals surface area contributed by atoms with E-state index in [0.717, 1.165) is 6.54 Å². The molecule has 0 aliphatic carbocycles. The van der Waals surface area contributed by atoms with Crippen molar-refractivity contribution in [2.45, 2.75) is 32.9 Å². The van der Waals surface area contributed by atoms with E-state index in [1.807, 2.05) is 13.1 Å². The first-order chi connectivity index (χ1) is 5.07. The van der Waals surface area contributed by atoms with E-state index in [4.69, 9.17) is 5.26 Å². The topological polar surface area (TPSA) is 39.1 Å². The standard InChI is InChI=1S/C8H17N3/c1-7(2)11(4)5-8(3)10-6-9/h7-8,10H,5H2,1-4H3. The summed E-state index contributed by atoms with van der Waals surface area (Å²) < 4.78 is 0. The van der Waals surface area contributed by atoms with Crippen molar-refractivity contribution in [1.82, 2.24) is 10.2 Å². The zero-order chi connectivity index (χ0) is 8.85. The zero-order valence-corrected chi connectivity index (χ0v) is 7.76. The van der Waals surface area contributed by atoms with Crippen LogP contribution in [-0.2, 0) is 0 Å². The molecule has 0 aliphatic rings. The summed E-state index contributed by atoms with van der Waals surface area (Å²) in [5.41, 5.74) is 0. The molecule has 3 nitrogen and oxygen atoms in total. The van der Waals surface area contributed by atoms with Gasteiger partial charge in [0, 0.05) is 18.6 Å². The predicted molar refractivity (Wildman–Crippen MR) is 46.0 cm³/mol. The summed E-state index contributed by atoms with van der Waals surface area (Å²) in [6.07, 6.45) is 1.94. The van der Waals surface area contributed by atoms with Crippen molar-refractivity contribution in [1.29, 1.82) is 5.26 Å². The summed E-state index contributed by atoms with van der Waals surface area (Å²) in [5, 5.41) is 11.0. The fourth-order valence-corrected chi connectivity index (χ4v) is 0.799. The highest BCUT2D eigenvalue weighted by Gasteiger charge is 2.07. The molecule has 0 aromatic heterocycles. The Morgan fingerprint density at radius 3 is 2.36 bits per heavy atom. The van der Waals surface area contributed by atoms with E-state index in [1.165, 1.54) is 0 Å². The fraction of sp³-hybridized carbons (Fsp3) is 0.875. The number of rotatable bonds is 4. The first-order valence-corrected chi connectivity index (χ1v) is 3.92. The molecule has 0 bridgehead atoms. The van der Waals surface area contributed by atoms with Gasteiger partial charge in [0.05, 0.1) is 0 Å². The molecular weight excluding hydrogens is 138 g/mol. The third-order valence-electron chi connectivity index (χ3n) is 1.75. The van der Waals surface area contributed by atoms with Crippen molar-refractivity contribution in [3.63, 3.8) is 0 Å². The van der Waals surface area contributed by atoms with Crippen LogP contribution in [0.5, 0.6) is 0 Å². The van der Waals surface area contributed by atoms with E-state index in [9.17, 15) is 0 Å². The van der Waals surface area contributed by atoms with Gasteiger partial charge < -0.3 is 10.2 Å². The molecule has 0 amide bonds. The number of nitriles is 1. The third kappa shape index (κ3) is 4.63. The Balaban J connectivity index is 3.58. The summed E-state index contributed by atoms with van der Waals surface area (Å²) in [6.45, 7) is 7.19. The molecule has 0 aromatic carbocycles. The number of hydrogen-bond acceptors (Lipinski definition) is 3. The lowest BCUT2D eigenvalue weighted by Gasteiger charge is -2.23. The van der Waals surface area contributed by atoms with Crippen LogP contribution in [0.2, 0.25) is 0 Å². The summed E-state index contributed by atoms with van der Waals surface area (Å²) >= 11 is 0. The molecule has 0 saturated heterocycles. The largest absolute Gasteiger partial charge is 0.320 e. The van der Waals surface area contributed by atoms with Crippen LogP contribution in [0.25, 0.3) is 0 Å². The summed E-state index contributed by atoms with van der Waals surface area (Å²) in [4.78, 5) is 2.20. The smallest absolute Gasteiger partial charge is 0.176 e. The van der Waals surface area contributed by atoms with E-state index < -0.39 is 0 Å². The molecule has 0 fully saturated rings. The average Bonchev–Trinajstić information content (AvgIpc) is 1.87. The number of hydrogen-bond donors (Lipinski definition) is 1.